The maximum absolute atomic E-state index is 13.0. The Morgan fingerprint density at radius 3 is 2.70 bits per heavy atom. The number of carbonyl (C=O) groups excluding carboxylic acids is 1. The standard InChI is InChI=1S/C17H32N2O/c1-4-9-17(10-6-11-18-17)16(20)19-12-5-7-15(8-13-19)14(2)3/h14-15,18H,4-13H2,1-3H3. The van der Waals surface area contributed by atoms with Gasteiger partial charge in [0.1, 0.15) is 0 Å². The van der Waals surface area contributed by atoms with Gasteiger partial charge in [-0.25, -0.2) is 0 Å². The van der Waals surface area contributed by atoms with Gasteiger partial charge in [-0.15, -0.1) is 0 Å². The molecule has 2 heterocycles. The molecule has 0 aliphatic carbocycles. The molecule has 1 N–H and O–H groups in total. The third-order valence-electron chi connectivity index (χ3n) is 5.33. The normalized spacial score (nSPS) is 31.6. The van der Waals surface area contributed by atoms with Crippen molar-refractivity contribution in [3.05, 3.63) is 0 Å². The number of nitrogens with zero attached hydrogens (tertiary/aromatic N) is 1. The number of nitrogens with one attached hydrogen (secondary N) is 1. The zero-order valence-electron chi connectivity index (χ0n) is 13.6. The Bertz CT molecular complexity index is 321. The Hall–Kier alpha value is -0.570. The van der Waals surface area contributed by atoms with Crippen molar-refractivity contribution in [3.63, 3.8) is 0 Å². The molecule has 2 rings (SSSR count). The van der Waals surface area contributed by atoms with Crippen LogP contribution in [0.4, 0.5) is 0 Å². The highest BCUT2D eigenvalue weighted by molar-refractivity contribution is 5.86. The van der Waals surface area contributed by atoms with Crippen LogP contribution >= 0.6 is 0 Å². The first-order valence-corrected chi connectivity index (χ1v) is 8.63. The molecule has 0 bridgehead atoms. The molecule has 2 saturated heterocycles. The van der Waals surface area contributed by atoms with Crippen LogP contribution in [0.25, 0.3) is 0 Å². The van der Waals surface area contributed by atoms with E-state index in [0.717, 1.165) is 57.2 Å². The van der Waals surface area contributed by atoms with E-state index in [1.807, 2.05) is 0 Å². The van der Waals surface area contributed by atoms with E-state index in [-0.39, 0.29) is 5.54 Å². The number of amides is 1. The van der Waals surface area contributed by atoms with Crippen LogP contribution in [0.1, 0.15) is 65.7 Å². The number of rotatable bonds is 4. The summed E-state index contributed by atoms with van der Waals surface area (Å²) in [7, 11) is 0. The molecule has 116 valence electrons. The van der Waals surface area contributed by atoms with Crippen molar-refractivity contribution in [3.8, 4) is 0 Å². The van der Waals surface area contributed by atoms with Gasteiger partial charge in [0.25, 0.3) is 0 Å². The van der Waals surface area contributed by atoms with Crippen molar-refractivity contribution in [2.75, 3.05) is 19.6 Å². The second kappa shape index (κ2) is 6.93. The van der Waals surface area contributed by atoms with E-state index in [1.165, 1.54) is 19.3 Å². The number of likely N-dealkylation sites (tertiary alicyclic amines) is 1. The quantitative estimate of drug-likeness (QED) is 0.857. The lowest BCUT2D eigenvalue weighted by molar-refractivity contribution is -0.138. The summed E-state index contributed by atoms with van der Waals surface area (Å²) in [5.41, 5.74) is -0.230. The highest BCUT2D eigenvalue weighted by Gasteiger charge is 2.42. The summed E-state index contributed by atoms with van der Waals surface area (Å²) in [6.45, 7) is 9.77. The van der Waals surface area contributed by atoms with Crippen LogP contribution in [-0.2, 0) is 4.79 Å². The van der Waals surface area contributed by atoms with Gasteiger partial charge in [-0.2, -0.15) is 0 Å². The molecule has 0 aromatic rings. The monoisotopic (exact) mass is 280 g/mol. The zero-order valence-corrected chi connectivity index (χ0v) is 13.6. The van der Waals surface area contributed by atoms with Gasteiger partial charge >= 0.3 is 0 Å². The summed E-state index contributed by atoms with van der Waals surface area (Å²) in [6, 6.07) is 0. The van der Waals surface area contributed by atoms with Crippen LogP contribution < -0.4 is 5.32 Å². The van der Waals surface area contributed by atoms with E-state index in [0.29, 0.717) is 5.91 Å². The van der Waals surface area contributed by atoms with Crippen LogP contribution in [0.15, 0.2) is 0 Å². The SMILES string of the molecule is CCCC1(C(=O)N2CCCC(C(C)C)CC2)CCCN1. The fraction of sp³-hybridized carbons (Fsp3) is 0.941. The van der Waals surface area contributed by atoms with Crippen molar-refractivity contribution in [1.29, 1.82) is 0 Å². The van der Waals surface area contributed by atoms with E-state index < -0.39 is 0 Å². The largest absolute Gasteiger partial charge is 0.341 e. The smallest absolute Gasteiger partial charge is 0.242 e. The van der Waals surface area contributed by atoms with Crippen molar-refractivity contribution < 1.29 is 4.79 Å². The van der Waals surface area contributed by atoms with E-state index >= 15 is 0 Å². The van der Waals surface area contributed by atoms with Crippen LogP contribution in [0.3, 0.4) is 0 Å². The van der Waals surface area contributed by atoms with E-state index in [4.69, 9.17) is 0 Å². The molecule has 0 saturated carbocycles. The Kier molecular flexibility index (Phi) is 5.48. The second-order valence-electron chi connectivity index (χ2n) is 7.09. The molecule has 0 aromatic heterocycles. The van der Waals surface area contributed by atoms with Gasteiger partial charge < -0.3 is 10.2 Å². The molecule has 2 aliphatic heterocycles. The molecule has 20 heavy (non-hydrogen) atoms. The van der Waals surface area contributed by atoms with Crippen LogP contribution in [0.5, 0.6) is 0 Å². The van der Waals surface area contributed by atoms with Crippen LogP contribution in [-0.4, -0.2) is 36.0 Å². The Morgan fingerprint density at radius 2 is 2.10 bits per heavy atom. The Balaban J connectivity index is 2.01. The van der Waals surface area contributed by atoms with Crippen molar-refractivity contribution in [2.24, 2.45) is 11.8 Å². The minimum Gasteiger partial charge on any atom is -0.341 e. The fourth-order valence-corrected chi connectivity index (χ4v) is 4.03. The molecule has 1 amide bonds. The molecule has 0 radical (unpaired) electrons. The minimum atomic E-state index is -0.230. The first-order chi connectivity index (χ1) is 9.59. The number of carbonyl (C=O) groups is 1. The van der Waals surface area contributed by atoms with E-state index in [1.54, 1.807) is 0 Å². The van der Waals surface area contributed by atoms with Crippen molar-refractivity contribution in [2.45, 2.75) is 71.3 Å². The lowest BCUT2D eigenvalue weighted by atomic mass is 9.89. The van der Waals surface area contributed by atoms with Gasteiger partial charge in [0.15, 0.2) is 0 Å². The number of hydrogen-bond donors (Lipinski definition) is 1. The summed E-state index contributed by atoms with van der Waals surface area (Å²) in [5.74, 6) is 1.94. The summed E-state index contributed by atoms with van der Waals surface area (Å²) in [4.78, 5) is 15.2. The van der Waals surface area contributed by atoms with Gasteiger partial charge in [0, 0.05) is 13.1 Å². The Labute approximate surface area is 124 Å². The highest BCUT2D eigenvalue weighted by atomic mass is 16.2. The highest BCUT2D eigenvalue weighted by Crippen LogP contribution is 2.30. The topological polar surface area (TPSA) is 32.3 Å². The summed E-state index contributed by atoms with van der Waals surface area (Å²) in [6.07, 6.45) is 7.91. The first kappa shape index (κ1) is 15.8. The van der Waals surface area contributed by atoms with Gasteiger partial charge in [0.05, 0.1) is 5.54 Å². The predicted octanol–water partition coefficient (Wildman–Crippen LogP) is 3.19. The summed E-state index contributed by atoms with van der Waals surface area (Å²) in [5, 5.41) is 3.53. The van der Waals surface area contributed by atoms with Crippen LogP contribution in [0, 0.1) is 11.8 Å². The molecule has 2 atom stereocenters. The van der Waals surface area contributed by atoms with Gasteiger partial charge in [-0.1, -0.05) is 27.2 Å². The molecule has 3 heteroatoms. The average Bonchev–Trinajstić information content (AvgIpc) is 2.75. The second-order valence-corrected chi connectivity index (χ2v) is 7.09. The summed E-state index contributed by atoms with van der Waals surface area (Å²) >= 11 is 0. The van der Waals surface area contributed by atoms with E-state index in [2.05, 4.69) is 31.0 Å². The molecular formula is C17H32N2O. The fourth-order valence-electron chi connectivity index (χ4n) is 4.03. The average molecular weight is 280 g/mol. The molecular weight excluding hydrogens is 248 g/mol. The molecule has 2 fully saturated rings. The minimum absolute atomic E-state index is 0.230. The van der Waals surface area contributed by atoms with Gasteiger partial charge in [-0.05, 0) is 56.9 Å². The maximum atomic E-state index is 13.0. The van der Waals surface area contributed by atoms with Gasteiger partial charge in [0.2, 0.25) is 5.91 Å². The lowest BCUT2D eigenvalue weighted by Gasteiger charge is -2.34. The van der Waals surface area contributed by atoms with Crippen molar-refractivity contribution >= 4 is 5.91 Å². The van der Waals surface area contributed by atoms with Crippen LogP contribution in [0.2, 0.25) is 0 Å². The third-order valence-corrected chi connectivity index (χ3v) is 5.33. The maximum Gasteiger partial charge on any atom is 0.242 e. The summed E-state index contributed by atoms with van der Waals surface area (Å²) < 4.78 is 0. The van der Waals surface area contributed by atoms with E-state index in [9.17, 15) is 4.79 Å². The Morgan fingerprint density at radius 1 is 1.30 bits per heavy atom. The molecule has 0 spiro atoms. The van der Waals surface area contributed by atoms with Gasteiger partial charge in [-0.3, -0.25) is 4.79 Å². The van der Waals surface area contributed by atoms with Crippen molar-refractivity contribution in [1.82, 2.24) is 10.2 Å². The third kappa shape index (κ3) is 3.36. The number of hydrogen-bond acceptors (Lipinski definition) is 2. The molecule has 2 unspecified atom stereocenters. The molecule has 2 aliphatic rings. The lowest BCUT2D eigenvalue weighted by Crippen LogP contribution is -2.55. The molecule has 3 nitrogen and oxygen atoms in total. The predicted molar refractivity (Wildman–Crippen MR) is 83.6 cm³/mol. The zero-order chi connectivity index (χ0) is 14.6. The first-order valence-electron chi connectivity index (χ1n) is 8.63. The molecule has 0 aromatic carbocycles.